The highest BCUT2D eigenvalue weighted by Crippen LogP contribution is 2.25. The van der Waals surface area contributed by atoms with Crippen molar-refractivity contribution in [2.24, 2.45) is 0 Å². The average Bonchev–Trinajstić information content (AvgIpc) is 2.57. The van der Waals surface area contributed by atoms with E-state index in [0.717, 1.165) is 28.5 Å². The molecule has 1 N–H and O–H groups in total. The average molecular weight is 339 g/mol. The first-order chi connectivity index (χ1) is 11.5. The molecule has 0 atom stereocenters. The van der Waals surface area contributed by atoms with Gasteiger partial charge in [-0.15, -0.1) is 0 Å². The maximum Gasteiger partial charge on any atom is 0.229 e. The standard InChI is InChI=1S/C19H19ClN4/c1-13-11-15(20)9-10-17(13)22-19-21-14(2)12-18(23-19)24(3)16-7-5-4-6-8-16/h4-12H,1-3H3,(H,21,22,23). The van der Waals surface area contributed by atoms with Gasteiger partial charge in [0.25, 0.3) is 0 Å². The Hall–Kier alpha value is -2.59. The van der Waals surface area contributed by atoms with Crippen molar-refractivity contribution in [3.63, 3.8) is 0 Å². The van der Waals surface area contributed by atoms with Crippen LogP contribution in [0.2, 0.25) is 5.02 Å². The Morgan fingerprint density at radius 2 is 1.71 bits per heavy atom. The molecule has 3 aromatic rings. The predicted molar refractivity (Wildman–Crippen MR) is 101 cm³/mol. The Labute approximate surface area is 147 Å². The van der Waals surface area contributed by atoms with Gasteiger partial charge in [0.15, 0.2) is 0 Å². The first-order valence-electron chi connectivity index (χ1n) is 7.70. The van der Waals surface area contributed by atoms with E-state index in [0.29, 0.717) is 11.0 Å². The molecule has 0 spiro atoms. The Morgan fingerprint density at radius 1 is 0.958 bits per heavy atom. The minimum absolute atomic E-state index is 0.568. The van der Waals surface area contributed by atoms with E-state index >= 15 is 0 Å². The first kappa shape index (κ1) is 16.3. The van der Waals surface area contributed by atoms with Crippen molar-refractivity contribution in [3.8, 4) is 0 Å². The molecule has 2 aromatic carbocycles. The van der Waals surface area contributed by atoms with Gasteiger partial charge in [0.2, 0.25) is 5.95 Å². The van der Waals surface area contributed by atoms with E-state index in [4.69, 9.17) is 11.6 Å². The second kappa shape index (κ2) is 6.89. The number of aryl methyl sites for hydroxylation is 2. The number of rotatable bonds is 4. The molecule has 0 bridgehead atoms. The maximum absolute atomic E-state index is 6.01. The van der Waals surface area contributed by atoms with Crippen LogP contribution < -0.4 is 10.2 Å². The van der Waals surface area contributed by atoms with E-state index in [1.54, 1.807) is 0 Å². The summed E-state index contributed by atoms with van der Waals surface area (Å²) in [4.78, 5) is 11.2. The molecule has 0 aliphatic carbocycles. The summed E-state index contributed by atoms with van der Waals surface area (Å²) in [5, 5.41) is 3.99. The number of hydrogen-bond acceptors (Lipinski definition) is 4. The summed E-state index contributed by atoms with van der Waals surface area (Å²) in [6.45, 7) is 3.96. The molecule has 0 aliphatic heterocycles. The minimum atomic E-state index is 0.568. The molecular formula is C19H19ClN4. The first-order valence-corrected chi connectivity index (χ1v) is 8.08. The fourth-order valence-electron chi connectivity index (χ4n) is 2.45. The normalized spacial score (nSPS) is 10.5. The molecule has 0 amide bonds. The van der Waals surface area contributed by atoms with Gasteiger partial charge >= 0.3 is 0 Å². The number of aromatic nitrogens is 2. The predicted octanol–water partition coefficient (Wildman–Crippen LogP) is 5.26. The third kappa shape index (κ3) is 3.66. The van der Waals surface area contributed by atoms with Crippen LogP contribution in [0.3, 0.4) is 0 Å². The van der Waals surface area contributed by atoms with Crippen LogP contribution >= 0.6 is 11.6 Å². The van der Waals surface area contributed by atoms with Gasteiger partial charge in [-0.3, -0.25) is 0 Å². The number of anilines is 4. The number of hydrogen-bond donors (Lipinski definition) is 1. The van der Waals surface area contributed by atoms with Crippen LogP contribution in [0, 0.1) is 13.8 Å². The Kier molecular flexibility index (Phi) is 4.67. The molecule has 0 saturated heterocycles. The smallest absolute Gasteiger partial charge is 0.229 e. The van der Waals surface area contributed by atoms with Crippen LogP contribution in [0.15, 0.2) is 54.6 Å². The zero-order valence-corrected chi connectivity index (χ0v) is 14.7. The van der Waals surface area contributed by atoms with Gasteiger partial charge in [-0.25, -0.2) is 4.98 Å². The van der Waals surface area contributed by atoms with Crippen molar-refractivity contribution in [3.05, 3.63) is 70.9 Å². The second-order valence-electron chi connectivity index (χ2n) is 5.67. The van der Waals surface area contributed by atoms with Gasteiger partial charge in [0.05, 0.1) is 0 Å². The Balaban J connectivity index is 1.91. The van der Waals surface area contributed by atoms with Gasteiger partial charge in [0.1, 0.15) is 5.82 Å². The summed E-state index contributed by atoms with van der Waals surface area (Å²) in [5.41, 5.74) is 3.96. The SMILES string of the molecule is Cc1cc(N(C)c2ccccc2)nc(Nc2ccc(Cl)cc2C)n1. The fraction of sp³-hybridized carbons (Fsp3) is 0.158. The molecule has 1 aromatic heterocycles. The van der Waals surface area contributed by atoms with Gasteiger partial charge in [-0.1, -0.05) is 29.8 Å². The van der Waals surface area contributed by atoms with Gasteiger partial charge in [-0.05, 0) is 49.7 Å². The van der Waals surface area contributed by atoms with Gasteiger partial charge < -0.3 is 10.2 Å². The van der Waals surface area contributed by atoms with Crippen molar-refractivity contribution in [2.45, 2.75) is 13.8 Å². The molecule has 1 heterocycles. The highest BCUT2D eigenvalue weighted by atomic mass is 35.5. The van der Waals surface area contributed by atoms with Crippen molar-refractivity contribution in [1.29, 1.82) is 0 Å². The number of para-hydroxylation sites is 1. The summed E-state index contributed by atoms with van der Waals surface area (Å²) in [7, 11) is 1.99. The summed E-state index contributed by atoms with van der Waals surface area (Å²) >= 11 is 6.01. The third-order valence-electron chi connectivity index (χ3n) is 3.76. The number of benzene rings is 2. The summed E-state index contributed by atoms with van der Waals surface area (Å²) in [6, 6.07) is 17.8. The van der Waals surface area contributed by atoms with Crippen molar-refractivity contribution < 1.29 is 0 Å². The largest absolute Gasteiger partial charge is 0.329 e. The topological polar surface area (TPSA) is 41.1 Å². The molecule has 0 fully saturated rings. The monoisotopic (exact) mass is 338 g/mol. The summed E-state index contributed by atoms with van der Waals surface area (Å²) in [5.74, 6) is 1.40. The minimum Gasteiger partial charge on any atom is -0.329 e. The third-order valence-corrected chi connectivity index (χ3v) is 4.00. The van der Waals surface area contributed by atoms with Crippen LogP contribution in [0.5, 0.6) is 0 Å². The number of halogens is 1. The van der Waals surface area contributed by atoms with E-state index in [2.05, 4.69) is 15.3 Å². The quantitative estimate of drug-likeness (QED) is 0.704. The van der Waals surface area contributed by atoms with E-state index in [9.17, 15) is 0 Å². The second-order valence-corrected chi connectivity index (χ2v) is 6.11. The summed E-state index contributed by atoms with van der Waals surface area (Å²) < 4.78 is 0. The maximum atomic E-state index is 6.01. The molecular weight excluding hydrogens is 320 g/mol. The molecule has 0 unspecified atom stereocenters. The lowest BCUT2D eigenvalue weighted by Gasteiger charge is -2.19. The van der Waals surface area contributed by atoms with E-state index in [-0.39, 0.29) is 0 Å². The van der Waals surface area contributed by atoms with E-state index in [1.807, 2.05) is 80.4 Å². The van der Waals surface area contributed by atoms with Crippen molar-refractivity contribution in [2.75, 3.05) is 17.3 Å². The highest BCUT2D eigenvalue weighted by molar-refractivity contribution is 6.30. The Bertz CT molecular complexity index is 849. The van der Waals surface area contributed by atoms with E-state index < -0.39 is 0 Å². The van der Waals surface area contributed by atoms with Gasteiger partial charge in [-0.2, -0.15) is 4.98 Å². The fourth-order valence-corrected chi connectivity index (χ4v) is 2.68. The van der Waals surface area contributed by atoms with Crippen molar-refractivity contribution >= 4 is 34.7 Å². The van der Waals surface area contributed by atoms with Crippen LogP contribution in [0.1, 0.15) is 11.3 Å². The molecule has 0 radical (unpaired) electrons. The van der Waals surface area contributed by atoms with E-state index in [1.165, 1.54) is 0 Å². The molecule has 0 aliphatic rings. The van der Waals surface area contributed by atoms with Crippen LogP contribution in [-0.4, -0.2) is 17.0 Å². The van der Waals surface area contributed by atoms with Crippen LogP contribution in [0.4, 0.5) is 23.1 Å². The highest BCUT2D eigenvalue weighted by Gasteiger charge is 2.09. The van der Waals surface area contributed by atoms with Crippen LogP contribution in [0.25, 0.3) is 0 Å². The van der Waals surface area contributed by atoms with Crippen molar-refractivity contribution in [1.82, 2.24) is 9.97 Å². The molecule has 5 heteroatoms. The molecule has 122 valence electrons. The zero-order chi connectivity index (χ0) is 17.1. The van der Waals surface area contributed by atoms with Gasteiger partial charge in [0, 0.05) is 35.2 Å². The molecule has 24 heavy (non-hydrogen) atoms. The molecule has 4 nitrogen and oxygen atoms in total. The lowest BCUT2D eigenvalue weighted by atomic mass is 10.2. The lowest BCUT2D eigenvalue weighted by molar-refractivity contribution is 1.05. The van der Waals surface area contributed by atoms with Crippen LogP contribution in [-0.2, 0) is 0 Å². The molecule has 3 rings (SSSR count). The zero-order valence-electron chi connectivity index (χ0n) is 13.9. The number of nitrogens with one attached hydrogen (secondary N) is 1. The lowest BCUT2D eigenvalue weighted by Crippen LogP contribution is -2.13. The summed E-state index contributed by atoms with van der Waals surface area (Å²) in [6.07, 6.45) is 0. The Morgan fingerprint density at radius 3 is 2.42 bits per heavy atom. The number of nitrogens with zero attached hydrogens (tertiary/aromatic N) is 3. The molecule has 0 saturated carbocycles.